The van der Waals surface area contributed by atoms with E-state index in [1.54, 1.807) is 13.3 Å². The van der Waals surface area contributed by atoms with Crippen molar-refractivity contribution in [2.75, 3.05) is 5.32 Å². The molecule has 0 spiro atoms. The van der Waals surface area contributed by atoms with Gasteiger partial charge >= 0.3 is 0 Å². The molecular formula is C18H20N4O. The minimum absolute atomic E-state index is 0.00374. The van der Waals surface area contributed by atoms with Gasteiger partial charge in [0.15, 0.2) is 0 Å². The Balaban J connectivity index is 1.61. The Morgan fingerprint density at radius 2 is 2.04 bits per heavy atom. The van der Waals surface area contributed by atoms with Crippen LogP contribution < -0.4 is 10.6 Å². The van der Waals surface area contributed by atoms with Crippen LogP contribution in [0.25, 0.3) is 0 Å². The van der Waals surface area contributed by atoms with E-state index in [1.807, 2.05) is 18.2 Å². The molecule has 5 nitrogen and oxygen atoms in total. The Morgan fingerprint density at radius 1 is 1.22 bits per heavy atom. The van der Waals surface area contributed by atoms with E-state index in [-0.39, 0.29) is 18.0 Å². The van der Waals surface area contributed by atoms with E-state index < -0.39 is 0 Å². The van der Waals surface area contributed by atoms with Crippen molar-refractivity contribution in [1.82, 2.24) is 15.3 Å². The summed E-state index contributed by atoms with van der Waals surface area (Å²) in [7, 11) is 0. The molecule has 2 N–H and O–H groups in total. The lowest BCUT2D eigenvalue weighted by molar-refractivity contribution is -0.119. The van der Waals surface area contributed by atoms with Crippen molar-refractivity contribution in [3.63, 3.8) is 0 Å². The normalized spacial score (nSPS) is 22.5. The molecule has 4 rings (SSSR count). The zero-order valence-corrected chi connectivity index (χ0v) is 13.1. The molecule has 1 fully saturated rings. The maximum atomic E-state index is 11.5. The predicted octanol–water partition coefficient (Wildman–Crippen LogP) is 2.57. The molecule has 2 aliphatic carbocycles. The average Bonchev–Trinajstić information content (AvgIpc) is 3.33. The van der Waals surface area contributed by atoms with Gasteiger partial charge in [0.25, 0.3) is 0 Å². The maximum Gasteiger partial charge on any atom is 0.217 e. The number of rotatable bonds is 4. The van der Waals surface area contributed by atoms with E-state index in [4.69, 9.17) is 0 Å². The number of hydrogen-bond acceptors (Lipinski definition) is 4. The molecule has 1 saturated carbocycles. The molecule has 1 heterocycles. The summed E-state index contributed by atoms with van der Waals surface area (Å²) < 4.78 is 0. The lowest BCUT2D eigenvalue weighted by Crippen LogP contribution is -2.39. The molecule has 0 bridgehead atoms. The van der Waals surface area contributed by atoms with Gasteiger partial charge in [-0.15, -0.1) is 0 Å². The maximum absolute atomic E-state index is 11.5. The summed E-state index contributed by atoms with van der Waals surface area (Å²) in [5, 5.41) is 6.57. The molecule has 0 unspecified atom stereocenters. The number of carbonyl (C=O) groups excluding carboxylic acids is 1. The van der Waals surface area contributed by atoms with Crippen LogP contribution in [0, 0.1) is 0 Å². The van der Waals surface area contributed by atoms with Crippen molar-refractivity contribution < 1.29 is 4.79 Å². The molecule has 23 heavy (non-hydrogen) atoms. The summed E-state index contributed by atoms with van der Waals surface area (Å²) in [6.07, 6.45) is 4.91. The zero-order valence-electron chi connectivity index (χ0n) is 13.1. The van der Waals surface area contributed by atoms with Crippen molar-refractivity contribution in [2.24, 2.45) is 0 Å². The number of amides is 1. The highest BCUT2D eigenvalue weighted by molar-refractivity contribution is 5.73. The Labute approximate surface area is 135 Å². The lowest BCUT2D eigenvalue weighted by Gasteiger charge is -2.23. The zero-order chi connectivity index (χ0) is 15.8. The van der Waals surface area contributed by atoms with E-state index in [2.05, 4.69) is 32.7 Å². The number of carbonyl (C=O) groups is 1. The van der Waals surface area contributed by atoms with Gasteiger partial charge in [0.2, 0.25) is 5.91 Å². The molecule has 0 radical (unpaired) electrons. The quantitative estimate of drug-likeness (QED) is 0.911. The fraction of sp³-hybridized carbons (Fsp3) is 0.389. The summed E-state index contributed by atoms with van der Waals surface area (Å²) >= 11 is 0. The van der Waals surface area contributed by atoms with E-state index in [9.17, 15) is 4.79 Å². The predicted molar refractivity (Wildman–Crippen MR) is 88.1 cm³/mol. The third-order valence-corrected chi connectivity index (χ3v) is 4.61. The Hall–Kier alpha value is -2.43. The van der Waals surface area contributed by atoms with E-state index >= 15 is 0 Å². The number of fused-ring (bicyclic) bond motifs is 1. The Morgan fingerprint density at radius 3 is 2.83 bits per heavy atom. The fourth-order valence-electron chi connectivity index (χ4n) is 3.38. The van der Waals surface area contributed by atoms with Crippen LogP contribution >= 0.6 is 0 Å². The molecule has 2 atom stereocenters. The van der Waals surface area contributed by atoms with Crippen molar-refractivity contribution in [3.8, 4) is 0 Å². The second-order valence-electron chi connectivity index (χ2n) is 6.43. The minimum Gasteiger partial charge on any atom is -0.361 e. The van der Waals surface area contributed by atoms with Crippen LogP contribution in [0.5, 0.6) is 0 Å². The van der Waals surface area contributed by atoms with E-state index in [0.29, 0.717) is 5.92 Å². The number of benzene rings is 1. The first-order valence-corrected chi connectivity index (χ1v) is 8.14. The number of nitrogens with zero attached hydrogens (tertiary/aromatic N) is 2. The minimum atomic E-state index is -0.00374. The number of aromatic nitrogens is 2. The van der Waals surface area contributed by atoms with Crippen LogP contribution in [0.1, 0.15) is 48.5 Å². The molecule has 1 aromatic heterocycles. The van der Waals surface area contributed by atoms with Crippen LogP contribution in [0.15, 0.2) is 36.7 Å². The van der Waals surface area contributed by atoms with Gasteiger partial charge in [-0.1, -0.05) is 24.3 Å². The highest BCUT2D eigenvalue weighted by Crippen LogP contribution is 2.40. The molecule has 0 saturated heterocycles. The molecular weight excluding hydrogens is 288 g/mol. The SMILES string of the molecule is CC(=O)N[C@@H]1Cc2ccccc2[C@H]1Nc1cc(C2CC2)ncn1. The molecule has 1 aromatic carbocycles. The fourth-order valence-corrected chi connectivity index (χ4v) is 3.38. The molecule has 0 aliphatic heterocycles. The van der Waals surface area contributed by atoms with Gasteiger partial charge in [-0.05, 0) is 30.4 Å². The van der Waals surface area contributed by atoms with Gasteiger partial charge < -0.3 is 10.6 Å². The van der Waals surface area contributed by atoms with Crippen LogP contribution in [0.3, 0.4) is 0 Å². The molecule has 5 heteroatoms. The van der Waals surface area contributed by atoms with E-state index in [0.717, 1.165) is 17.9 Å². The van der Waals surface area contributed by atoms with Crippen molar-refractivity contribution in [2.45, 2.75) is 44.2 Å². The van der Waals surface area contributed by atoms with Gasteiger partial charge in [0.1, 0.15) is 12.1 Å². The third-order valence-electron chi connectivity index (χ3n) is 4.61. The average molecular weight is 308 g/mol. The van der Waals surface area contributed by atoms with Crippen molar-refractivity contribution in [3.05, 3.63) is 53.5 Å². The summed E-state index contributed by atoms with van der Waals surface area (Å²) in [5.74, 6) is 1.43. The first-order chi connectivity index (χ1) is 11.2. The van der Waals surface area contributed by atoms with Gasteiger partial charge in [0.05, 0.1) is 12.1 Å². The highest BCUT2D eigenvalue weighted by atomic mass is 16.1. The number of nitrogens with one attached hydrogen (secondary N) is 2. The van der Waals surface area contributed by atoms with Gasteiger partial charge in [-0.25, -0.2) is 9.97 Å². The molecule has 118 valence electrons. The summed E-state index contributed by atoms with van der Waals surface area (Å²) in [5.41, 5.74) is 3.63. The Kier molecular flexibility index (Phi) is 3.48. The van der Waals surface area contributed by atoms with Gasteiger partial charge in [0, 0.05) is 24.6 Å². The van der Waals surface area contributed by atoms with E-state index in [1.165, 1.54) is 24.0 Å². The summed E-state index contributed by atoms with van der Waals surface area (Å²) in [6.45, 7) is 1.57. The summed E-state index contributed by atoms with van der Waals surface area (Å²) in [6, 6.07) is 10.5. The third kappa shape index (κ3) is 2.91. The monoisotopic (exact) mass is 308 g/mol. The van der Waals surface area contributed by atoms with Crippen molar-refractivity contribution in [1.29, 1.82) is 0 Å². The number of anilines is 1. The number of hydrogen-bond donors (Lipinski definition) is 2. The molecule has 2 aliphatic rings. The second kappa shape index (κ2) is 5.65. The lowest BCUT2D eigenvalue weighted by atomic mass is 10.1. The topological polar surface area (TPSA) is 66.9 Å². The van der Waals surface area contributed by atoms with Crippen LogP contribution in [-0.2, 0) is 11.2 Å². The standard InChI is InChI=1S/C18H20N4O/c1-11(23)21-16-8-13-4-2-3-5-14(13)18(16)22-17-9-15(12-6-7-12)19-10-20-17/h2-5,9-10,12,16,18H,6-8H2,1H3,(H,21,23)(H,19,20,22)/t16-,18-/m1/s1. The van der Waals surface area contributed by atoms with Crippen LogP contribution in [-0.4, -0.2) is 21.9 Å². The van der Waals surface area contributed by atoms with Crippen molar-refractivity contribution >= 4 is 11.7 Å². The van der Waals surface area contributed by atoms with Crippen LogP contribution in [0.2, 0.25) is 0 Å². The van der Waals surface area contributed by atoms with Crippen LogP contribution in [0.4, 0.5) is 5.82 Å². The smallest absolute Gasteiger partial charge is 0.217 e. The molecule has 2 aromatic rings. The summed E-state index contributed by atoms with van der Waals surface area (Å²) in [4.78, 5) is 20.3. The molecule has 1 amide bonds. The highest BCUT2D eigenvalue weighted by Gasteiger charge is 2.33. The first-order valence-electron chi connectivity index (χ1n) is 8.14. The Bertz CT molecular complexity index is 741. The largest absolute Gasteiger partial charge is 0.361 e. The first kappa shape index (κ1) is 14.2. The second-order valence-corrected chi connectivity index (χ2v) is 6.43. The van der Waals surface area contributed by atoms with Gasteiger partial charge in [-0.2, -0.15) is 0 Å². The van der Waals surface area contributed by atoms with Gasteiger partial charge in [-0.3, -0.25) is 4.79 Å².